The van der Waals surface area contributed by atoms with Crippen molar-refractivity contribution in [2.24, 2.45) is 0 Å². The van der Waals surface area contributed by atoms with Crippen LogP contribution in [0.3, 0.4) is 0 Å². The van der Waals surface area contributed by atoms with Crippen molar-refractivity contribution in [1.82, 2.24) is 4.90 Å². The number of imide groups is 1. The second-order valence-corrected chi connectivity index (χ2v) is 6.30. The van der Waals surface area contributed by atoms with Crippen molar-refractivity contribution in [2.45, 2.75) is 6.18 Å². The molecule has 3 rings (SSSR count). The van der Waals surface area contributed by atoms with Crippen LogP contribution < -0.4 is 5.32 Å². The molecule has 29 heavy (non-hydrogen) atoms. The number of fused-ring (bicyclic) bond motifs is 1. The minimum atomic E-state index is -4.80. The summed E-state index contributed by atoms with van der Waals surface area (Å²) in [5, 5.41) is 12.4. The van der Waals surface area contributed by atoms with Gasteiger partial charge in [0.25, 0.3) is 17.5 Å². The van der Waals surface area contributed by atoms with E-state index in [-0.39, 0.29) is 16.1 Å². The van der Waals surface area contributed by atoms with Crippen LogP contribution in [0.4, 0.5) is 24.5 Å². The van der Waals surface area contributed by atoms with Crippen molar-refractivity contribution >= 4 is 40.7 Å². The van der Waals surface area contributed by atoms with Crippen LogP contribution in [-0.2, 0) is 11.0 Å². The number of rotatable bonds is 4. The van der Waals surface area contributed by atoms with Crippen molar-refractivity contribution in [2.75, 3.05) is 11.9 Å². The van der Waals surface area contributed by atoms with Crippen LogP contribution in [0, 0.1) is 10.1 Å². The standard InChI is InChI=1S/C17H9ClF3N3O5/c18-12-3-1-2-11(17(19,20)21)14(12)22-13(25)7-23-15(26)9-5-4-8(24(28)29)6-10(9)16(23)27/h1-6H,7H2,(H,22,25). The highest BCUT2D eigenvalue weighted by atomic mass is 35.5. The summed E-state index contributed by atoms with van der Waals surface area (Å²) in [6.07, 6.45) is -4.80. The van der Waals surface area contributed by atoms with E-state index < -0.39 is 52.3 Å². The average Bonchev–Trinajstić information content (AvgIpc) is 2.87. The highest BCUT2D eigenvalue weighted by Gasteiger charge is 2.39. The molecule has 0 spiro atoms. The van der Waals surface area contributed by atoms with Gasteiger partial charge in [0.05, 0.1) is 32.3 Å². The van der Waals surface area contributed by atoms with Crippen LogP contribution in [-0.4, -0.2) is 34.1 Å². The Balaban J connectivity index is 1.83. The summed E-state index contributed by atoms with van der Waals surface area (Å²) in [6.45, 7) is -0.900. The average molecular weight is 428 g/mol. The summed E-state index contributed by atoms with van der Waals surface area (Å²) in [5.74, 6) is -2.98. The van der Waals surface area contributed by atoms with Gasteiger partial charge in [-0.05, 0) is 18.2 Å². The topological polar surface area (TPSA) is 110 Å². The maximum absolute atomic E-state index is 13.1. The Morgan fingerprint density at radius 3 is 2.41 bits per heavy atom. The number of amides is 3. The fourth-order valence-electron chi connectivity index (χ4n) is 2.75. The summed E-state index contributed by atoms with van der Waals surface area (Å²) in [7, 11) is 0. The summed E-state index contributed by atoms with van der Waals surface area (Å²) in [5.41, 5.74) is -2.76. The lowest BCUT2D eigenvalue weighted by Gasteiger charge is -2.17. The number of anilines is 1. The molecule has 1 heterocycles. The van der Waals surface area contributed by atoms with Gasteiger partial charge in [0.2, 0.25) is 5.91 Å². The molecule has 0 atom stereocenters. The molecule has 1 aliphatic heterocycles. The maximum Gasteiger partial charge on any atom is 0.418 e. The fourth-order valence-corrected chi connectivity index (χ4v) is 2.97. The lowest BCUT2D eigenvalue weighted by atomic mass is 10.1. The number of hydrogen-bond acceptors (Lipinski definition) is 5. The van der Waals surface area contributed by atoms with E-state index in [1.54, 1.807) is 0 Å². The molecule has 0 saturated heterocycles. The zero-order valence-electron chi connectivity index (χ0n) is 14.1. The summed E-state index contributed by atoms with van der Waals surface area (Å²) < 4.78 is 39.3. The molecule has 3 amide bonds. The second kappa shape index (κ2) is 7.17. The minimum absolute atomic E-state index is 0.151. The van der Waals surface area contributed by atoms with Gasteiger partial charge in [-0.15, -0.1) is 0 Å². The Kier molecular flexibility index (Phi) is 5.01. The Labute approximate surface area is 165 Å². The van der Waals surface area contributed by atoms with Crippen molar-refractivity contribution in [3.63, 3.8) is 0 Å². The Morgan fingerprint density at radius 1 is 1.14 bits per heavy atom. The molecular formula is C17H9ClF3N3O5. The number of alkyl halides is 3. The number of para-hydroxylation sites is 1. The Hall–Kier alpha value is -3.47. The summed E-state index contributed by atoms with van der Waals surface area (Å²) in [4.78, 5) is 47.4. The SMILES string of the molecule is O=C(CN1C(=O)c2ccc([N+](=O)[O-])cc2C1=O)Nc1c(Cl)cccc1C(F)(F)F. The molecule has 0 aliphatic carbocycles. The molecule has 0 radical (unpaired) electrons. The highest BCUT2D eigenvalue weighted by Crippen LogP contribution is 2.38. The monoisotopic (exact) mass is 427 g/mol. The number of non-ortho nitro benzene ring substituents is 1. The van der Waals surface area contributed by atoms with Crippen LogP contribution >= 0.6 is 11.6 Å². The van der Waals surface area contributed by atoms with Crippen molar-refractivity contribution in [1.29, 1.82) is 0 Å². The Bertz CT molecular complexity index is 1070. The molecular weight excluding hydrogens is 419 g/mol. The number of halogens is 4. The second-order valence-electron chi connectivity index (χ2n) is 5.89. The van der Waals surface area contributed by atoms with Crippen LogP contribution in [0.2, 0.25) is 5.02 Å². The lowest BCUT2D eigenvalue weighted by Crippen LogP contribution is -2.37. The third-order valence-corrected chi connectivity index (χ3v) is 4.37. The molecule has 8 nitrogen and oxygen atoms in total. The van der Waals surface area contributed by atoms with E-state index >= 15 is 0 Å². The van der Waals surface area contributed by atoms with Gasteiger partial charge >= 0.3 is 6.18 Å². The van der Waals surface area contributed by atoms with E-state index in [1.807, 2.05) is 5.32 Å². The predicted octanol–water partition coefficient (Wildman–Crippen LogP) is 3.50. The highest BCUT2D eigenvalue weighted by molar-refractivity contribution is 6.34. The minimum Gasteiger partial charge on any atom is -0.323 e. The van der Waals surface area contributed by atoms with Crippen LogP contribution in [0.5, 0.6) is 0 Å². The van der Waals surface area contributed by atoms with Gasteiger partial charge in [-0.2, -0.15) is 13.2 Å². The van der Waals surface area contributed by atoms with Gasteiger partial charge in [0.1, 0.15) is 6.54 Å². The zero-order valence-corrected chi connectivity index (χ0v) is 14.9. The van der Waals surface area contributed by atoms with Crippen molar-refractivity contribution in [3.05, 3.63) is 68.2 Å². The largest absolute Gasteiger partial charge is 0.418 e. The number of nitrogens with one attached hydrogen (secondary N) is 1. The number of carbonyl (C=O) groups excluding carboxylic acids is 3. The van der Waals surface area contributed by atoms with E-state index in [2.05, 4.69) is 0 Å². The number of nitro groups is 1. The first-order chi connectivity index (χ1) is 13.5. The van der Waals surface area contributed by atoms with Crippen molar-refractivity contribution < 1.29 is 32.5 Å². The van der Waals surface area contributed by atoms with E-state index in [0.29, 0.717) is 11.0 Å². The Morgan fingerprint density at radius 2 is 1.79 bits per heavy atom. The molecule has 1 N–H and O–H groups in total. The van der Waals surface area contributed by atoms with Gasteiger partial charge in [0.15, 0.2) is 0 Å². The first kappa shape index (κ1) is 20.3. The molecule has 12 heteroatoms. The first-order valence-electron chi connectivity index (χ1n) is 7.81. The van der Waals surface area contributed by atoms with E-state index in [9.17, 15) is 37.7 Å². The zero-order chi connectivity index (χ0) is 21.5. The van der Waals surface area contributed by atoms with Gasteiger partial charge in [0, 0.05) is 12.1 Å². The fraction of sp³-hybridized carbons (Fsp3) is 0.118. The van der Waals surface area contributed by atoms with Crippen LogP contribution in [0.25, 0.3) is 0 Å². The lowest BCUT2D eigenvalue weighted by molar-refractivity contribution is -0.384. The van der Waals surface area contributed by atoms with Crippen LogP contribution in [0.1, 0.15) is 26.3 Å². The number of hydrogen-bond donors (Lipinski definition) is 1. The predicted molar refractivity (Wildman–Crippen MR) is 93.5 cm³/mol. The molecule has 0 aromatic heterocycles. The van der Waals surface area contributed by atoms with Gasteiger partial charge in [-0.1, -0.05) is 17.7 Å². The summed E-state index contributed by atoms with van der Waals surface area (Å²) in [6, 6.07) is 5.88. The van der Waals surface area contributed by atoms with E-state index in [4.69, 9.17) is 11.6 Å². The molecule has 1 aliphatic rings. The molecule has 0 fully saturated rings. The third-order valence-electron chi connectivity index (χ3n) is 4.05. The van der Waals surface area contributed by atoms with Crippen molar-refractivity contribution in [3.8, 4) is 0 Å². The smallest absolute Gasteiger partial charge is 0.323 e. The molecule has 2 aromatic carbocycles. The number of nitrogens with zero attached hydrogens (tertiary/aromatic N) is 2. The van der Waals surface area contributed by atoms with Gasteiger partial charge in [-0.25, -0.2) is 0 Å². The summed E-state index contributed by atoms with van der Waals surface area (Å²) >= 11 is 5.75. The number of benzene rings is 2. The van der Waals surface area contributed by atoms with E-state index in [0.717, 1.165) is 30.3 Å². The van der Waals surface area contributed by atoms with E-state index in [1.165, 1.54) is 0 Å². The molecule has 0 unspecified atom stereocenters. The molecule has 150 valence electrons. The van der Waals surface area contributed by atoms with Crippen LogP contribution in [0.15, 0.2) is 36.4 Å². The molecule has 0 saturated carbocycles. The van der Waals surface area contributed by atoms with Gasteiger partial charge in [-0.3, -0.25) is 29.4 Å². The van der Waals surface area contributed by atoms with Gasteiger partial charge < -0.3 is 5.32 Å². The normalized spacial score (nSPS) is 13.4. The quantitative estimate of drug-likeness (QED) is 0.456. The maximum atomic E-state index is 13.1. The molecule has 0 bridgehead atoms. The molecule has 2 aromatic rings. The number of carbonyl (C=O) groups is 3. The number of nitro benzene ring substituents is 1. The first-order valence-corrected chi connectivity index (χ1v) is 8.18. The third kappa shape index (κ3) is 3.76.